The van der Waals surface area contributed by atoms with E-state index >= 15 is 0 Å². The summed E-state index contributed by atoms with van der Waals surface area (Å²) in [5.74, 6) is 2.29. The van der Waals surface area contributed by atoms with Gasteiger partial charge in [-0.3, -0.25) is 4.79 Å². The van der Waals surface area contributed by atoms with Crippen molar-refractivity contribution in [3.63, 3.8) is 0 Å². The van der Waals surface area contributed by atoms with Crippen LogP contribution in [-0.2, 0) is 6.54 Å². The van der Waals surface area contributed by atoms with Crippen LogP contribution in [0.4, 0.5) is 17.6 Å². The summed E-state index contributed by atoms with van der Waals surface area (Å²) in [6.07, 6.45) is 10.9. The van der Waals surface area contributed by atoms with E-state index in [0.29, 0.717) is 18.4 Å². The number of nitrogens with zero attached hydrogens (tertiary/aromatic N) is 6. The van der Waals surface area contributed by atoms with Gasteiger partial charge in [0.2, 0.25) is 5.95 Å². The summed E-state index contributed by atoms with van der Waals surface area (Å²) in [7, 11) is 0. The summed E-state index contributed by atoms with van der Waals surface area (Å²) in [6, 6.07) is 2.29. The molecule has 0 aliphatic carbocycles. The second kappa shape index (κ2) is 8.58. The molecule has 2 fully saturated rings. The third-order valence-electron chi connectivity index (χ3n) is 5.66. The van der Waals surface area contributed by atoms with Crippen LogP contribution in [0, 0.1) is 0 Å². The van der Waals surface area contributed by atoms with Crippen LogP contribution in [0.1, 0.15) is 39.0 Å². The fourth-order valence-corrected chi connectivity index (χ4v) is 4.02. The average molecular weight is 384 g/mol. The molecule has 2 aromatic heterocycles. The highest BCUT2D eigenvalue weighted by Crippen LogP contribution is 2.20. The Hall–Kier alpha value is -2.64. The molecule has 2 aromatic rings. The quantitative estimate of drug-likeness (QED) is 0.847. The van der Waals surface area contributed by atoms with Crippen LogP contribution in [0.5, 0.6) is 0 Å². The summed E-state index contributed by atoms with van der Waals surface area (Å²) in [4.78, 5) is 30.4. The van der Waals surface area contributed by atoms with Crippen molar-refractivity contribution in [1.82, 2.24) is 19.5 Å². The molecule has 0 bridgehead atoms. The molecule has 1 N–H and O–H groups in total. The molecule has 0 atom stereocenters. The van der Waals surface area contributed by atoms with Crippen molar-refractivity contribution in [3.8, 4) is 0 Å². The second-order valence-electron chi connectivity index (χ2n) is 7.54. The minimum absolute atomic E-state index is 0.00150. The summed E-state index contributed by atoms with van der Waals surface area (Å²) < 4.78 is 1.70. The van der Waals surface area contributed by atoms with E-state index in [-0.39, 0.29) is 5.56 Å². The minimum Gasteiger partial charge on any atom is -0.367 e. The lowest BCUT2D eigenvalue weighted by molar-refractivity contribution is 0.518. The highest BCUT2D eigenvalue weighted by molar-refractivity contribution is 5.43. The molecule has 0 amide bonds. The lowest BCUT2D eigenvalue weighted by Crippen LogP contribution is -2.42. The van der Waals surface area contributed by atoms with Crippen LogP contribution in [-0.4, -0.2) is 51.7 Å². The van der Waals surface area contributed by atoms with Crippen LogP contribution in [0.15, 0.2) is 29.5 Å². The number of rotatable bonds is 5. The molecule has 150 valence electrons. The number of hydrogen-bond acceptors (Lipinski definition) is 7. The maximum atomic E-state index is 12.5. The van der Waals surface area contributed by atoms with Gasteiger partial charge < -0.3 is 19.7 Å². The first-order valence-corrected chi connectivity index (χ1v) is 10.4. The maximum absolute atomic E-state index is 12.5. The number of hydrogen-bond donors (Lipinski definition) is 1. The van der Waals surface area contributed by atoms with E-state index in [9.17, 15) is 4.79 Å². The van der Waals surface area contributed by atoms with E-state index in [2.05, 4.69) is 25.1 Å². The fourth-order valence-electron chi connectivity index (χ4n) is 4.02. The zero-order valence-corrected chi connectivity index (χ0v) is 16.5. The smallest absolute Gasteiger partial charge is 0.293 e. The van der Waals surface area contributed by atoms with Gasteiger partial charge in [-0.1, -0.05) is 0 Å². The summed E-state index contributed by atoms with van der Waals surface area (Å²) >= 11 is 0. The maximum Gasteiger partial charge on any atom is 0.293 e. The number of aromatic nitrogens is 4. The molecule has 0 aromatic carbocycles. The van der Waals surface area contributed by atoms with Gasteiger partial charge in [0.15, 0.2) is 5.82 Å². The molecule has 28 heavy (non-hydrogen) atoms. The van der Waals surface area contributed by atoms with Crippen LogP contribution in [0.2, 0.25) is 0 Å². The van der Waals surface area contributed by atoms with Crippen molar-refractivity contribution in [3.05, 3.63) is 35.0 Å². The van der Waals surface area contributed by atoms with Gasteiger partial charge in [-0.25, -0.2) is 9.97 Å². The van der Waals surface area contributed by atoms with Gasteiger partial charge in [0.05, 0.1) is 0 Å². The zero-order valence-electron chi connectivity index (χ0n) is 16.5. The number of nitrogens with one attached hydrogen (secondary N) is 1. The Bertz CT molecular complexity index is 838. The van der Waals surface area contributed by atoms with Gasteiger partial charge in [0.25, 0.3) is 5.56 Å². The van der Waals surface area contributed by atoms with Gasteiger partial charge in [0.1, 0.15) is 5.82 Å². The number of aryl methyl sites for hydroxylation is 1. The summed E-state index contributed by atoms with van der Waals surface area (Å²) in [5, 5.41) is 3.56. The van der Waals surface area contributed by atoms with E-state index < -0.39 is 0 Å². The first-order valence-electron chi connectivity index (χ1n) is 10.4. The van der Waals surface area contributed by atoms with Crippen molar-refractivity contribution >= 4 is 17.6 Å². The molecule has 4 rings (SSSR count). The van der Waals surface area contributed by atoms with E-state index in [1.807, 2.05) is 19.2 Å². The zero-order chi connectivity index (χ0) is 19.3. The largest absolute Gasteiger partial charge is 0.367 e. The van der Waals surface area contributed by atoms with Gasteiger partial charge >= 0.3 is 0 Å². The molecule has 2 aliphatic heterocycles. The van der Waals surface area contributed by atoms with E-state index in [1.54, 1.807) is 17.0 Å². The predicted molar refractivity (Wildman–Crippen MR) is 111 cm³/mol. The van der Waals surface area contributed by atoms with Gasteiger partial charge in [-0.2, -0.15) is 4.98 Å². The highest BCUT2D eigenvalue weighted by Gasteiger charge is 2.23. The highest BCUT2D eigenvalue weighted by atomic mass is 16.1. The Morgan fingerprint density at radius 2 is 1.82 bits per heavy atom. The standard InChI is InChI=1S/C20H29N7O/c1-2-25-15-10-21-18(19(25)28)26-13-7-16(8-14-26)23-17-6-9-22-20(24-17)27-11-4-3-5-12-27/h6,9-10,15-16H,2-5,7-8,11-14H2,1H3,(H,22,23,24). The Morgan fingerprint density at radius 3 is 2.57 bits per heavy atom. The Balaban J connectivity index is 1.36. The van der Waals surface area contributed by atoms with Gasteiger partial charge in [-0.05, 0) is 45.1 Å². The molecule has 8 heteroatoms. The summed E-state index contributed by atoms with van der Waals surface area (Å²) in [5.41, 5.74) is -0.00150. The van der Waals surface area contributed by atoms with Crippen molar-refractivity contribution in [2.75, 3.05) is 41.3 Å². The van der Waals surface area contributed by atoms with Crippen molar-refractivity contribution in [1.29, 1.82) is 0 Å². The molecular weight excluding hydrogens is 354 g/mol. The Kier molecular flexibility index (Phi) is 5.73. The predicted octanol–water partition coefficient (Wildman–Crippen LogP) is 2.12. The number of anilines is 3. The van der Waals surface area contributed by atoms with Gasteiger partial charge in [0, 0.05) is 57.4 Å². The Labute approximate surface area is 165 Å². The molecule has 2 aliphatic rings. The van der Waals surface area contributed by atoms with Crippen molar-refractivity contribution in [2.24, 2.45) is 0 Å². The lowest BCUT2D eigenvalue weighted by atomic mass is 10.1. The van der Waals surface area contributed by atoms with E-state index in [1.165, 1.54) is 19.3 Å². The fraction of sp³-hybridized carbons (Fsp3) is 0.600. The topological polar surface area (TPSA) is 79.2 Å². The van der Waals surface area contributed by atoms with Crippen LogP contribution in [0.3, 0.4) is 0 Å². The third-order valence-corrected chi connectivity index (χ3v) is 5.66. The monoisotopic (exact) mass is 383 g/mol. The molecule has 0 radical (unpaired) electrons. The average Bonchev–Trinajstić information content (AvgIpc) is 2.75. The van der Waals surface area contributed by atoms with E-state index in [4.69, 9.17) is 4.98 Å². The molecular formula is C20H29N7O. The molecule has 0 unspecified atom stereocenters. The first kappa shape index (κ1) is 18.7. The third kappa shape index (κ3) is 4.10. The van der Waals surface area contributed by atoms with Crippen molar-refractivity contribution in [2.45, 2.75) is 51.6 Å². The molecule has 0 saturated carbocycles. The number of piperidine rings is 2. The van der Waals surface area contributed by atoms with Crippen LogP contribution >= 0.6 is 0 Å². The van der Waals surface area contributed by atoms with Gasteiger partial charge in [-0.15, -0.1) is 0 Å². The molecule has 8 nitrogen and oxygen atoms in total. The summed E-state index contributed by atoms with van der Waals surface area (Å²) in [6.45, 7) is 6.36. The Morgan fingerprint density at radius 1 is 1.04 bits per heavy atom. The molecule has 2 saturated heterocycles. The molecule has 4 heterocycles. The lowest BCUT2D eigenvalue weighted by Gasteiger charge is -2.33. The normalized spacial score (nSPS) is 18.3. The second-order valence-corrected chi connectivity index (χ2v) is 7.54. The van der Waals surface area contributed by atoms with E-state index in [0.717, 1.165) is 50.8 Å². The molecule has 0 spiro atoms. The van der Waals surface area contributed by atoms with Crippen LogP contribution < -0.4 is 20.7 Å². The van der Waals surface area contributed by atoms with Crippen molar-refractivity contribution < 1.29 is 0 Å². The first-order chi connectivity index (χ1) is 13.7. The van der Waals surface area contributed by atoms with Crippen LogP contribution in [0.25, 0.3) is 0 Å². The SMILES string of the molecule is CCn1ccnc(N2CCC(Nc3ccnc(N4CCCCC4)n3)CC2)c1=O. The minimum atomic E-state index is -0.00150.